The first-order chi connectivity index (χ1) is 9.16. The normalized spacial score (nSPS) is 14.3. The lowest BCUT2D eigenvalue weighted by Gasteiger charge is -2.14. The van der Waals surface area contributed by atoms with Gasteiger partial charge in [0.2, 0.25) is 0 Å². The van der Waals surface area contributed by atoms with E-state index in [2.05, 4.69) is 20.8 Å². The average Bonchev–Trinajstić information content (AvgIpc) is 2.85. The number of nitrogens with one attached hydrogen (secondary N) is 1. The Morgan fingerprint density at radius 3 is 2.68 bits per heavy atom. The highest BCUT2D eigenvalue weighted by molar-refractivity contribution is 5.30. The predicted molar refractivity (Wildman–Crippen MR) is 71.8 cm³/mol. The Bertz CT molecular complexity index is 497. The summed E-state index contributed by atoms with van der Waals surface area (Å²) in [6.45, 7) is 4.38. The van der Waals surface area contributed by atoms with Gasteiger partial charge in [-0.1, -0.05) is 18.2 Å². The van der Waals surface area contributed by atoms with Crippen molar-refractivity contribution in [1.29, 1.82) is 0 Å². The van der Waals surface area contributed by atoms with Crippen LogP contribution in [0.25, 0.3) is 5.69 Å². The minimum absolute atomic E-state index is 0.209. The first-order valence-corrected chi connectivity index (χ1v) is 6.41. The van der Waals surface area contributed by atoms with Gasteiger partial charge in [-0.05, 0) is 42.8 Å². The van der Waals surface area contributed by atoms with Crippen molar-refractivity contribution in [3.05, 3.63) is 36.2 Å². The van der Waals surface area contributed by atoms with E-state index in [0.717, 1.165) is 11.5 Å². The van der Waals surface area contributed by atoms with Crippen LogP contribution in [0.1, 0.15) is 26.1 Å². The van der Waals surface area contributed by atoms with E-state index in [0.29, 0.717) is 13.0 Å². The zero-order chi connectivity index (χ0) is 13.7. The van der Waals surface area contributed by atoms with E-state index in [4.69, 9.17) is 0 Å². The van der Waals surface area contributed by atoms with Crippen LogP contribution in [0.4, 0.5) is 0 Å². The van der Waals surface area contributed by atoms with E-state index in [1.807, 2.05) is 37.3 Å². The molecule has 6 nitrogen and oxygen atoms in total. The molecule has 2 rings (SSSR count). The highest BCUT2D eigenvalue weighted by atomic mass is 16.3. The van der Waals surface area contributed by atoms with E-state index in [9.17, 15) is 5.11 Å². The molecule has 19 heavy (non-hydrogen) atoms. The van der Waals surface area contributed by atoms with Crippen LogP contribution < -0.4 is 5.32 Å². The SMILES string of the molecule is CC(O)CC(C)NCc1nnnn1-c1ccccc1. The molecule has 6 heteroatoms. The van der Waals surface area contributed by atoms with E-state index < -0.39 is 0 Å². The molecule has 0 saturated heterocycles. The number of aliphatic hydroxyl groups is 1. The first kappa shape index (κ1) is 13.6. The summed E-state index contributed by atoms with van der Waals surface area (Å²) >= 11 is 0. The summed E-state index contributed by atoms with van der Waals surface area (Å²) in [5, 5.41) is 24.4. The number of aromatic nitrogens is 4. The van der Waals surface area contributed by atoms with Crippen molar-refractivity contribution in [3.8, 4) is 5.69 Å². The molecular formula is C13H19N5O. The molecule has 102 valence electrons. The van der Waals surface area contributed by atoms with Crippen molar-refractivity contribution in [1.82, 2.24) is 25.5 Å². The van der Waals surface area contributed by atoms with Crippen molar-refractivity contribution in [2.75, 3.05) is 0 Å². The number of aliphatic hydroxyl groups excluding tert-OH is 1. The number of hydrogen-bond acceptors (Lipinski definition) is 5. The number of rotatable bonds is 6. The molecule has 0 fully saturated rings. The fraction of sp³-hybridized carbons (Fsp3) is 0.462. The van der Waals surface area contributed by atoms with Gasteiger partial charge in [0.15, 0.2) is 5.82 Å². The van der Waals surface area contributed by atoms with E-state index in [-0.39, 0.29) is 12.1 Å². The van der Waals surface area contributed by atoms with Gasteiger partial charge in [0.05, 0.1) is 18.3 Å². The van der Waals surface area contributed by atoms with Crippen LogP contribution in [0, 0.1) is 0 Å². The molecule has 2 aromatic rings. The third-order valence-corrected chi connectivity index (χ3v) is 2.84. The third-order valence-electron chi connectivity index (χ3n) is 2.84. The van der Waals surface area contributed by atoms with Crippen molar-refractivity contribution in [3.63, 3.8) is 0 Å². The summed E-state index contributed by atoms with van der Waals surface area (Å²) in [5.74, 6) is 0.753. The Hall–Kier alpha value is -1.79. The Morgan fingerprint density at radius 2 is 2.00 bits per heavy atom. The summed E-state index contributed by atoms with van der Waals surface area (Å²) in [5.41, 5.74) is 0.937. The zero-order valence-corrected chi connectivity index (χ0v) is 11.2. The Labute approximate surface area is 112 Å². The van der Waals surface area contributed by atoms with E-state index >= 15 is 0 Å². The van der Waals surface area contributed by atoms with E-state index in [1.165, 1.54) is 0 Å². The molecule has 0 spiro atoms. The van der Waals surface area contributed by atoms with Gasteiger partial charge in [-0.25, -0.2) is 0 Å². The topological polar surface area (TPSA) is 75.9 Å². The van der Waals surface area contributed by atoms with Gasteiger partial charge in [-0.3, -0.25) is 0 Å². The lowest BCUT2D eigenvalue weighted by Crippen LogP contribution is -2.29. The van der Waals surface area contributed by atoms with E-state index in [1.54, 1.807) is 11.6 Å². The summed E-state index contributed by atoms with van der Waals surface area (Å²) in [6.07, 6.45) is 0.389. The molecule has 0 saturated carbocycles. The maximum Gasteiger partial charge on any atom is 0.170 e. The fourth-order valence-electron chi connectivity index (χ4n) is 1.95. The Balaban J connectivity index is 2.01. The quantitative estimate of drug-likeness (QED) is 0.808. The van der Waals surface area contributed by atoms with Gasteiger partial charge >= 0.3 is 0 Å². The number of tetrazole rings is 1. The molecule has 0 amide bonds. The second-order valence-electron chi connectivity index (χ2n) is 4.71. The smallest absolute Gasteiger partial charge is 0.170 e. The molecule has 2 unspecified atom stereocenters. The number of hydrogen-bond donors (Lipinski definition) is 2. The average molecular weight is 261 g/mol. The Morgan fingerprint density at radius 1 is 1.26 bits per heavy atom. The lowest BCUT2D eigenvalue weighted by atomic mass is 10.1. The summed E-state index contributed by atoms with van der Waals surface area (Å²) in [7, 11) is 0. The Kier molecular flexibility index (Phi) is 4.59. The molecule has 0 bridgehead atoms. The molecule has 0 aliphatic carbocycles. The van der Waals surface area contributed by atoms with Gasteiger partial charge in [-0.15, -0.1) is 5.10 Å². The van der Waals surface area contributed by atoms with Crippen LogP contribution >= 0.6 is 0 Å². The largest absolute Gasteiger partial charge is 0.393 e. The monoisotopic (exact) mass is 261 g/mol. The van der Waals surface area contributed by atoms with Crippen LogP contribution in [-0.4, -0.2) is 37.5 Å². The van der Waals surface area contributed by atoms with Crippen LogP contribution in [-0.2, 0) is 6.54 Å². The molecular weight excluding hydrogens is 242 g/mol. The van der Waals surface area contributed by atoms with Crippen molar-refractivity contribution in [2.24, 2.45) is 0 Å². The summed E-state index contributed by atoms with van der Waals surface area (Å²) in [6, 6.07) is 9.98. The molecule has 1 aromatic carbocycles. The second kappa shape index (κ2) is 6.40. The van der Waals surface area contributed by atoms with Gasteiger partial charge in [-0.2, -0.15) is 4.68 Å². The molecule has 2 atom stereocenters. The minimum atomic E-state index is -0.312. The van der Waals surface area contributed by atoms with Crippen molar-refractivity contribution >= 4 is 0 Å². The van der Waals surface area contributed by atoms with Gasteiger partial charge in [0.25, 0.3) is 0 Å². The third kappa shape index (κ3) is 3.84. The number of para-hydroxylation sites is 1. The lowest BCUT2D eigenvalue weighted by molar-refractivity contribution is 0.170. The second-order valence-corrected chi connectivity index (χ2v) is 4.71. The zero-order valence-electron chi connectivity index (χ0n) is 11.2. The predicted octanol–water partition coefficient (Wildman–Crippen LogP) is 0.911. The maximum absolute atomic E-state index is 9.33. The summed E-state index contributed by atoms with van der Waals surface area (Å²) < 4.78 is 1.71. The molecule has 0 aliphatic rings. The number of nitrogens with zero attached hydrogens (tertiary/aromatic N) is 4. The van der Waals surface area contributed by atoms with Crippen LogP contribution in [0.15, 0.2) is 30.3 Å². The number of benzene rings is 1. The van der Waals surface area contributed by atoms with Crippen molar-refractivity contribution in [2.45, 2.75) is 39.0 Å². The van der Waals surface area contributed by atoms with Gasteiger partial charge in [0, 0.05) is 6.04 Å². The van der Waals surface area contributed by atoms with Crippen LogP contribution in [0.3, 0.4) is 0 Å². The molecule has 0 aliphatic heterocycles. The van der Waals surface area contributed by atoms with Crippen LogP contribution in [0.2, 0.25) is 0 Å². The standard InChI is InChI=1S/C13H19N5O/c1-10(8-11(2)19)14-9-13-15-16-17-18(13)12-6-4-3-5-7-12/h3-7,10-11,14,19H,8-9H2,1-2H3. The fourth-order valence-corrected chi connectivity index (χ4v) is 1.95. The van der Waals surface area contributed by atoms with Crippen molar-refractivity contribution < 1.29 is 5.11 Å². The van der Waals surface area contributed by atoms with Gasteiger partial charge < -0.3 is 10.4 Å². The molecule has 0 radical (unpaired) electrons. The van der Waals surface area contributed by atoms with Gasteiger partial charge in [0.1, 0.15) is 0 Å². The maximum atomic E-state index is 9.33. The summed E-state index contributed by atoms with van der Waals surface area (Å²) in [4.78, 5) is 0. The highest BCUT2D eigenvalue weighted by Gasteiger charge is 2.10. The van der Waals surface area contributed by atoms with Crippen LogP contribution in [0.5, 0.6) is 0 Å². The molecule has 1 aromatic heterocycles. The molecule has 1 heterocycles. The molecule has 2 N–H and O–H groups in total. The highest BCUT2D eigenvalue weighted by Crippen LogP contribution is 2.07. The minimum Gasteiger partial charge on any atom is -0.393 e. The first-order valence-electron chi connectivity index (χ1n) is 6.41.